The number of hydrogen-bond acceptors (Lipinski definition) is 4. The summed E-state index contributed by atoms with van der Waals surface area (Å²) < 4.78 is 18.7. The minimum Gasteiger partial charge on any atom is -0.309 e. The van der Waals surface area contributed by atoms with Crippen LogP contribution in [-0.4, -0.2) is 4.98 Å². The molecule has 0 bridgehead atoms. The van der Waals surface area contributed by atoms with Crippen molar-refractivity contribution in [2.45, 2.75) is 0 Å². The number of fused-ring (bicyclic) bond motifs is 6. The van der Waals surface area contributed by atoms with Gasteiger partial charge >= 0.3 is 0 Å². The molecule has 5 aromatic carbocycles. The van der Waals surface area contributed by atoms with E-state index in [1.807, 2.05) is 72.9 Å². The Hall–Kier alpha value is -4.08. The molecule has 8 aromatic rings. The number of pyridine rings is 1. The number of aromatic nitrogens is 1. The molecule has 0 spiro atoms. The van der Waals surface area contributed by atoms with Crippen molar-refractivity contribution in [2.24, 2.45) is 0 Å². The third-order valence-corrected chi connectivity index (χ3v) is 12.9. The standard InChI is InChI=1S/C35H22NOPS2/c37-38(25-8-3-1-4-9-25,26-10-5-2-6-11-26)27-15-18-33-31(22-27)30-21-24(13-16-32(30)39-33)23-14-17-34-29(20-23)28-12-7-19-36-35(28)40-34/h1-22H. The van der Waals surface area contributed by atoms with E-state index in [9.17, 15) is 0 Å². The summed E-state index contributed by atoms with van der Waals surface area (Å²) in [6.07, 6.45) is 1.86. The maximum absolute atomic E-state index is 15.0. The SMILES string of the molecule is O=P(c1ccccc1)(c1ccccc1)c1ccc2sc3ccc(-c4ccc5sc6ncccc6c5c4)cc3c2c1. The topological polar surface area (TPSA) is 30.0 Å². The molecule has 3 aromatic heterocycles. The van der Waals surface area contributed by atoms with Crippen LogP contribution in [0.25, 0.3) is 51.6 Å². The fourth-order valence-corrected chi connectivity index (χ4v) is 10.4. The molecule has 0 aliphatic carbocycles. The van der Waals surface area contributed by atoms with Gasteiger partial charge in [0, 0.05) is 57.8 Å². The zero-order valence-electron chi connectivity index (χ0n) is 21.3. The molecule has 8 rings (SSSR count). The maximum Gasteiger partial charge on any atom is 0.171 e. The maximum atomic E-state index is 15.0. The minimum atomic E-state index is -3.05. The van der Waals surface area contributed by atoms with Gasteiger partial charge in [0.2, 0.25) is 0 Å². The molecule has 3 heterocycles. The fourth-order valence-electron chi connectivity index (χ4n) is 5.65. The van der Waals surface area contributed by atoms with Gasteiger partial charge in [-0.1, -0.05) is 72.8 Å². The number of benzene rings is 5. The number of thiophene rings is 2. The first-order valence-electron chi connectivity index (χ1n) is 13.1. The van der Waals surface area contributed by atoms with Gasteiger partial charge in [0.1, 0.15) is 4.83 Å². The fraction of sp³-hybridized carbons (Fsp3) is 0. The van der Waals surface area contributed by atoms with Gasteiger partial charge in [0.05, 0.1) is 0 Å². The lowest BCUT2D eigenvalue weighted by atomic mass is 10.0. The highest BCUT2D eigenvalue weighted by Crippen LogP contribution is 2.45. The lowest BCUT2D eigenvalue weighted by Gasteiger charge is -2.20. The predicted molar refractivity (Wildman–Crippen MR) is 175 cm³/mol. The van der Waals surface area contributed by atoms with Gasteiger partial charge in [-0.25, -0.2) is 4.98 Å². The van der Waals surface area contributed by atoms with Gasteiger partial charge in [-0.2, -0.15) is 0 Å². The van der Waals surface area contributed by atoms with E-state index in [4.69, 9.17) is 0 Å². The molecule has 0 aliphatic heterocycles. The quantitative estimate of drug-likeness (QED) is 0.199. The predicted octanol–water partition coefficient (Wildman–Crippen LogP) is 9.12. The molecule has 0 N–H and O–H groups in total. The molecule has 0 saturated carbocycles. The van der Waals surface area contributed by atoms with Crippen molar-refractivity contribution >= 4 is 86.2 Å². The Morgan fingerprint density at radius 3 is 1.68 bits per heavy atom. The number of hydrogen-bond donors (Lipinski definition) is 0. The average Bonchev–Trinajstić information content (AvgIpc) is 3.58. The van der Waals surface area contributed by atoms with E-state index in [0.29, 0.717) is 0 Å². The van der Waals surface area contributed by atoms with Crippen molar-refractivity contribution in [2.75, 3.05) is 0 Å². The van der Waals surface area contributed by atoms with Crippen LogP contribution < -0.4 is 15.9 Å². The molecule has 0 radical (unpaired) electrons. The van der Waals surface area contributed by atoms with Crippen molar-refractivity contribution in [3.63, 3.8) is 0 Å². The molecule has 0 amide bonds. The second-order valence-corrected chi connectivity index (χ2v) is 14.8. The van der Waals surface area contributed by atoms with Crippen molar-refractivity contribution in [3.8, 4) is 11.1 Å². The van der Waals surface area contributed by atoms with Crippen LogP contribution in [0.1, 0.15) is 0 Å². The highest BCUT2D eigenvalue weighted by molar-refractivity contribution is 7.85. The molecule has 2 nitrogen and oxygen atoms in total. The molecule has 0 aliphatic rings. The van der Waals surface area contributed by atoms with Crippen LogP contribution in [0.3, 0.4) is 0 Å². The molecule has 5 heteroatoms. The summed E-state index contributed by atoms with van der Waals surface area (Å²) in [5.74, 6) is 0. The third kappa shape index (κ3) is 3.68. The van der Waals surface area contributed by atoms with Crippen molar-refractivity contribution in [1.82, 2.24) is 4.98 Å². The van der Waals surface area contributed by atoms with Crippen LogP contribution in [-0.2, 0) is 4.57 Å². The summed E-state index contributed by atoms with van der Waals surface area (Å²) in [5, 5.41) is 7.37. The minimum absolute atomic E-state index is 0.853. The van der Waals surface area contributed by atoms with Crippen LogP contribution >= 0.6 is 29.8 Å². The number of nitrogens with zero attached hydrogens (tertiary/aromatic N) is 1. The van der Waals surface area contributed by atoms with E-state index < -0.39 is 7.14 Å². The average molecular weight is 568 g/mol. The smallest absolute Gasteiger partial charge is 0.171 e. The van der Waals surface area contributed by atoms with Crippen molar-refractivity contribution in [3.05, 3.63) is 134 Å². The van der Waals surface area contributed by atoms with Crippen molar-refractivity contribution in [1.29, 1.82) is 0 Å². The molecule has 0 atom stereocenters. The Kier molecular flexibility index (Phi) is 5.50. The second-order valence-electron chi connectivity index (χ2n) is 9.94. The highest BCUT2D eigenvalue weighted by Gasteiger charge is 2.30. The van der Waals surface area contributed by atoms with Crippen LogP contribution in [0.5, 0.6) is 0 Å². The summed E-state index contributed by atoms with van der Waals surface area (Å²) in [5.41, 5.74) is 2.37. The molecule has 40 heavy (non-hydrogen) atoms. The van der Waals surface area contributed by atoms with Gasteiger partial charge in [0.15, 0.2) is 7.14 Å². The second kappa shape index (κ2) is 9.25. The van der Waals surface area contributed by atoms with E-state index in [1.165, 1.54) is 41.4 Å². The molecule has 0 saturated heterocycles. The molecule has 0 fully saturated rings. The molecule has 190 valence electrons. The first-order chi connectivity index (χ1) is 19.7. The molecule has 0 unspecified atom stereocenters. The molecular formula is C35H22NOPS2. The van der Waals surface area contributed by atoms with Crippen LogP contribution in [0, 0.1) is 0 Å². The summed E-state index contributed by atoms with van der Waals surface area (Å²) in [7, 11) is -3.05. The van der Waals surface area contributed by atoms with E-state index in [-0.39, 0.29) is 0 Å². The number of rotatable bonds is 4. The van der Waals surface area contributed by atoms with E-state index in [0.717, 1.165) is 26.1 Å². The first kappa shape index (κ1) is 23.8. The van der Waals surface area contributed by atoms with Crippen LogP contribution in [0.4, 0.5) is 0 Å². The normalized spacial score (nSPS) is 12.1. The van der Waals surface area contributed by atoms with E-state index in [2.05, 4.69) is 65.6 Å². The highest BCUT2D eigenvalue weighted by atomic mass is 32.1. The Balaban J connectivity index is 1.32. The lowest BCUT2D eigenvalue weighted by molar-refractivity contribution is 0.592. The van der Waals surface area contributed by atoms with Gasteiger partial charge in [-0.05, 0) is 65.7 Å². The Morgan fingerprint density at radius 2 is 1.02 bits per heavy atom. The Labute approximate surface area is 239 Å². The lowest BCUT2D eigenvalue weighted by Crippen LogP contribution is -2.24. The first-order valence-corrected chi connectivity index (χ1v) is 16.5. The monoisotopic (exact) mass is 567 g/mol. The Bertz CT molecular complexity index is 2210. The van der Waals surface area contributed by atoms with Gasteiger partial charge in [-0.15, -0.1) is 22.7 Å². The largest absolute Gasteiger partial charge is 0.309 e. The Morgan fingerprint density at radius 1 is 0.475 bits per heavy atom. The van der Waals surface area contributed by atoms with Crippen LogP contribution in [0.15, 0.2) is 134 Å². The summed E-state index contributed by atoms with van der Waals surface area (Å²) in [6.45, 7) is 0. The van der Waals surface area contributed by atoms with Crippen LogP contribution in [0.2, 0.25) is 0 Å². The zero-order chi connectivity index (χ0) is 26.7. The summed E-state index contributed by atoms with van der Waals surface area (Å²) in [4.78, 5) is 5.63. The van der Waals surface area contributed by atoms with Crippen molar-refractivity contribution < 1.29 is 4.57 Å². The van der Waals surface area contributed by atoms with Gasteiger partial charge in [0.25, 0.3) is 0 Å². The van der Waals surface area contributed by atoms with E-state index >= 15 is 4.57 Å². The molecular weight excluding hydrogens is 545 g/mol. The third-order valence-electron chi connectivity index (χ3n) is 7.64. The van der Waals surface area contributed by atoms with Gasteiger partial charge in [-0.3, -0.25) is 0 Å². The summed E-state index contributed by atoms with van der Waals surface area (Å²) >= 11 is 3.52. The summed E-state index contributed by atoms with van der Waals surface area (Å²) in [6, 6.07) is 43.7. The van der Waals surface area contributed by atoms with E-state index in [1.54, 1.807) is 22.7 Å². The van der Waals surface area contributed by atoms with Gasteiger partial charge < -0.3 is 4.57 Å². The zero-order valence-corrected chi connectivity index (χ0v) is 23.8.